The lowest BCUT2D eigenvalue weighted by atomic mass is 9.99. The Labute approximate surface area is 61.9 Å². The fourth-order valence-corrected chi connectivity index (χ4v) is 1.11. The summed E-state index contributed by atoms with van der Waals surface area (Å²) in [6, 6.07) is 0. The highest BCUT2D eigenvalue weighted by Gasteiger charge is 2.04. The normalized spacial score (nSPS) is 17.7. The van der Waals surface area contributed by atoms with Gasteiger partial charge in [-0.3, -0.25) is 0 Å². The first-order chi connectivity index (χ1) is 4.72. The molecule has 0 radical (unpaired) electrons. The summed E-state index contributed by atoms with van der Waals surface area (Å²) < 4.78 is 0. The molecule has 0 amide bonds. The van der Waals surface area contributed by atoms with Gasteiger partial charge < -0.3 is 5.73 Å². The Morgan fingerprint density at radius 3 is 2.50 bits per heavy atom. The van der Waals surface area contributed by atoms with Gasteiger partial charge in [0.2, 0.25) is 0 Å². The molecule has 0 aromatic heterocycles. The van der Waals surface area contributed by atoms with E-state index >= 15 is 0 Å². The van der Waals surface area contributed by atoms with E-state index < -0.39 is 0 Å². The smallest absolute Gasteiger partial charge is 0.0346 e. The molecule has 0 saturated heterocycles. The minimum absolute atomic E-state index is 0.888. The summed E-state index contributed by atoms with van der Waals surface area (Å²) in [7, 11) is 0. The molecule has 0 atom stereocenters. The molecule has 1 aliphatic rings. The van der Waals surface area contributed by atoms with E-state index in [1.165, 1.54) is 0 Å². The Hall–Kier alpha value is -0.980. The Morgan fingerprint density at radius 1 is 1.50 bits per heavy atom. The van der Waals surface area contributed by atoms with Gasteiger partial charge in [0.1, 0.15) is 0 Å². The van der Waals surface area contributed by atoms with Gasteiger partial charge >= 0.3 is 0 Å². The molecule has 0 bridgehead atoms. The lowest BCUT2D eigenvalue weighted by molar-refractivity contribution is 0.986. The summed E-state index contributed by atoms with van der Waals surface area (Å²) in [5, 5.41) is 0. The second-order valence-electron chi connectivity index (χ2n) is 2.63. The minimum atomic E-state index is 0.888. The molecule has 54 valence electrons. The molecule has 1 aliphatic carbocycles. The summed E-state index contributed by atoms with van der Waals surface area (Å²) in [4.78, 5) is 0. The standard InChI is InChI=1S/C9H13N/c1-7(2)8-5-3-4-6-9(8)10/h5-6H,1,3-4,10H2,2H3. The monoisotopic (exact) mass is 135 g/mol. The average Bonchev–Trinajstić information content (AvgIpc) is 1.88. The van der Waals surface area contributed by atoms with Gasteiger partial charge in [0, 0.05) is 5.70 Å². The van der Waals surface area contributed by atoms with E-state index in [9.17, 15) is 0 Å². The Morgan fingerprint density at radius 2 is 2.10 bits per heavy atom. The molecule has 0 aromatic carbocycles. The summed E-state index contributed by atoms with van der Waals surface area (Å²) in [6.45, 7) is 5.82. The largest absolute Gasteiger partial charge is 0.399 e. The maximum atomic E-state index is 5.71. The summed E-state index contributed by atoms with van der Waals surface area (Å²) in [5.41, 5.74) is 8.79. The molecule has 0 aliphatic heterocycles. The van der Waals surface area contributed by atoms with Crippen LogP contribution in [-0.4, -0.2) is 0 Å². The van der Waals surface area contributed by atoms with Gasteiger partial charge in [-0.2, -0.15) is 0 Å². The topological polar surface area (TPSA) is 26.0 Å². The van der Waals surface area contributed by atoms with Gasteiger partial charge in [-0.25, -0.2) is 0 Å². The molecule has 0 unspecified atom stereocenters. The summed E-state index contributed by atoms with van der Waals surface area (Å²) >= 11 is 0. The first kappa shape index (κ1) is 7.13. The lowest BCUT2D eigenvalue weighted by Gasteiger charge is -2.11. The predicted molar refractivity (Wildman–Crippen MR) is 44.4 cm³/mol. The molecule has 0 saturated carbocycles. The van der Waals surface area contributed by atoms with Gasteiger partial charge in [-0.1, -0.05) is 18.7 Å². The first-order valence-corrected chi connectivity index (χ1v) is 3.54. The van der Waals surface area contributed by atoms with Crippen molar-refractivity contribution in [1.29, 1.82) is 0 Å². The van der Waals surface area contributed by atoms with Crippen LogP contribution in [0.4, 0.5) is 0 Å². The van der Waals surface area contributed by atoms with E-state index in [0.29, 0.717) is 0 Å². The molecule has 0 spiro atoms. The minimum Gasteiger partial charge on any atom is -0.399 e. The van der Waals surface area contributed by atoms with Gasteiger partial charge in [-0.15, -0.1) is 0 Å². The second kappa shape index (κ2) is 2.74. The molecule has 2 N–H and O–H groups in total. The van der Waals surface area contributed by atoms with E-state index in [1.54, 1.807) is 0 Å². The number of hydrogen-bond donors (Lipinski definition) is 1. The van der Waals surface area contributed by atoms with Crippen molar-refractivity contribution in [1.82, 2.24) is 0 Å². The van der Waals surface area contributed by atoms with E-state index in [1.807, 2.05) is 6.92 Å². The zero-order chi connectivity index (χ0) is 7.56. The van der Waals surface area contributed by atoms with Crippen molar-refractivity contribution in [2.24, 2.45) is 5.73 Å². The molecule has 0 fully saturated rings. The van der Waals surface area contributed by atoms with Crippen LogP contribution in [0.25, 0.3) is 0 Å². The van der Waals surface area contributed by atoms with Crippen LogP contribution in [0.15, 0.2) is 35.6 Å². The van der Waals surface area contributed by atoms with Crippen molar-refractivity contribution in [3.63, 3.8) is 0 Å². The Bertz CT molecular complexity index is 209. The lowest BCUT2D eigenvalue weighted by Crippen LogP contribution is -2.04. The first-order valence-electron chi connectivity index (χ1n) is 3.54. The van der Waals surface area contributed by atoms with Crippen LogP contribution in [0.2, 0.25) is 0 Å². The molecule has 1 rings (SSSR count). The van der Waals surface area contributed by atoms with Crippen molar-refractivity contribution in [2.75, 3.05) is 0 Å². The van der Waals surface area contributed by atoms with Gasteiger partial charge in [0.25, 0.3) is 0 Å². The molecule has 0 aromatic rings. The van der Waals surface area contributed by atoms with E-state index in [2.05, 4.69) is 18.7 Å². The molecule has 0 heterocycles. The van der Waals surface area contributed by atoms with Crippen molar-refractivity contribution in [2.45, 2.75) is 19.8 Å². The molecule has 10 heavy (non-hydrogen) atoms. The molecule has 1 heteroatoms. The van der Waals surface area contributed by atoms with Crippen molar-refractivity contribution < 1.29 is 0 Å². The van der Waals surface area contributed by atoms with Gasteiger partial charge in [-0.05, 0) is 30.9 Å². The fourth-order valence-electron chi connectivity index (χ4n) is 1.11. The molecular formula is C9H13N. The van der Waals surface area contributed by atoms with Gasteiger partial charge in [0.15, 0.2) is 0 Å². The molecule has 1 nitrogen and oxygen atoms in total. The van der Waals surface area contributed by atoms with Crippen LogP contribution < -0.4 is 5.73 Å². The second-order valence-corrected chi connectivity index (χ2v) is 2.63. The van der Waals surface area contributed by atoms with E-state index in [0.717, 1.165) is 29.7 Å². The highest BCUT2D eigenvalue weighted by molar-refractivity contribution is 5.44. The maximum absolute atomic E-state index is 5.71. The third kappa shape index (κ3) is 1.29. The van der Waals surface area contributed by atoms with Crippen molar-refractivity contribution in [3.8, 4) is 0 Å². The van der Waals surface area contributed by atoms with Gasteiger partial charge in [0.05, 0.1) is 0 Å². The Balaban J connectivity index is 2.84. The van der Waals surface area contributed by atoms with Crippen LogP contribution in [0.3, 0.4) is 0 Å². The third-order valence-corrected chi connectivity index (χ3v) is 1.65. The van der Waals surface area contributed by atoms with Crippen molar-refractivity contribution >= 4 is 0 Å². The number of rotatable bonds is 1. The van der Waals surface area contributed by atoms with Crippen LogP contribution >= 0.6 is 0 Å². The van der Waals surface area contributed by atoms with Crippen LogP contribution in [0.5, 0.6) is 0 Å². The summed E-state index contributed by atoms with van der Waals surface area (Å²) in [5.74, 6) is 0. The fraction of sp³-hybridized carbons (Fsp3) is 0.333. The maximum Gasteiger partial charge on any atom is 0.0346 e. The predicted octanol–water partition coefficient (Wildman–Crippen LogP) is 2.13. The Kier molecular flexibility index (Phi) is 1.95. The van der Waals surface area contributed by atoms with Crippen LogP contribution in [0, 0.1) is 0 Å². The van der Waals surface area contributed by atoms with E-state index in [4.69, 9.17) is 5.73 Å². The van der Waals surface area contributed by atoms with E-state index in [-0.39, 0.29) is 0 Å². The third-order valence-electron chi connectivity index (χ3n) is 1.65. The average molecular weight is 135 g/mol. The highest BCUT2D eigenvalue weighted by atomic mass is 14.6. The van der Waals surface area contributed by atoms with Crippen LogP contribution in [0.1, 0.15) is 19.8 Å². The number of nitrogens with two attached hydrogens (primary N) is 1. The zero-order valence-corrected chi connectivity index (χ0v) is 6.35. The SMILES string of the molecule is C=C(C)C1=CCCC=C1N. The zero-order valence-electron chi connectivity index (χ0n) is 6.35. The number of hydrogen-bond acceptors (Lipinski definition) is 1. The quantitative estimate of drug-likeness (QED) is 0.585. The van der Waals surface area contributed by atoms with Crippen LogP contribution in [-0.2, 0) is 0 Å². The van der Waals surface area contributed by atoms with Crippen molar-refractivity contribution in [3.05, 3.63) is 35.6 Å². The number of allylic oxidation sites excluding steroid dienone is 3. The highest BCUT2D eigenvalue weighted by Crippen LogP contribution is 2.19. The molecular weight excluding hydrogens is 122 g/mol. The summed E-state index contributed by atoms with van der Waals surface area (Å²) in [6.07, 6.45) is 6.38.